The largest absolute Gasteiger partial charge is 0.326 e. The van der Waals surface area contributed by atoms with Crippen LogP contribution < -0.4 is 5.73 Å². The van der Waals surface area contributed by atoms with Gasteiger partial charge >= 0.3 is 0 Å². The molecule has 88 valence electrons. The first-order valence-electron chi connectivity index (χ1n) is 5.06. The molecule has 2 rings (SSSR count). The average molecular weight is 254 g/mol. The number of hydrogen-bond acceptors (Lipinski definition) is 1. The Labute approximate surface area is 103 Å². The molecular weight excluding hydrogens is 244 g/mol. The van der Waals surface area contributed by atoms with Crippen LogP contribution in [0.4, 0.5) is 8.78 Å². The zero-order valence-corrected chi connectivity index (χ0v) is 9.64. The molecular formula is C13H10ClF2N. The molecule has 0 heterocycles. The van der Waals surface area contributed by atoms with Crippen LogP contribution in [0.15, 0.2) is 36.4 Å². The number of benzene rings is 2. The molecule has 4 heteroatoms. The van der Waals surface area contributed by atoms with Gasteiger partial charge < -0.3 is 5.73 Å². The SMILES string of the molecule is NCc1ccccc1-c1cc(F)c(F)cc1Cl. The minimum Gasteiger partial charge on any atom is -0.326 e. The van der Waals surface area contributed by atoms with Crippen molar-refractivity contribution in [1.29, 1.82) is 0 Å². The van der Waals surface area contributed by atoms with Crippen LogP contribution in [0.1, 0.15) is 5.56 Å². The third kappa shape index (κ3) is 2.30. The summed E-state index contributed by atoms with van der Waals surface area (Å²) < 4.78 is 26.2. The molecule has 0 aliphatic heterocycles. The van der Waals surface area contributed by atoms with E-state index in [4.69, 9.17) is 17.3 Å². The van der Waals surface area contributed by atoms with E-state index in [-0.39, 0.29) is 5.02 Å². The Morgan fingerprint density at radius 2 is 1.65 bits per heavy atom. The van der Waals surface area contributed by atoms with Gasteiger partial charge in [0.25, 0.3) is 0 Å². The van der Waals surface area contributed by atoms with Gasteiger partial charge in [0.05, 0.1) is 5.02 Å². The first kappa shape index (κ1) is 12.0. The molecule has 1 nitrogen and oxygen atoms in total. The monoisotopic (exact) mass is 253 g/mol. The Bertz CT molecular complexity index is 555. The number of halogens is 3. The Hall–Kier alpha value is -1.45. The molecule has 0 fully saturated rings. The third-order valence-corrected chi connectivity index (χ3v) is 2.85. The second-order valence-corrected chi connectivity index (χ2v) is 4.01. The van der Waals surface area contributed by atoms with Crippen LogP contribution in [0.2, 0.25) is 5.02 Å². The molecule has 0 saturated carbocycles. The Morgan fingerprint density at radius 1 is 1.00 bits per heavy atom. The summed E-state index contributed by atoms with van der Waals surface area (Å²) in [4.78, 5) is 0. The van der Waals surface area contributed by atoms with E-state index in [0.717, 1.165) is 23.3 Å². The highest BCUT2D eigenvalue weighted by molar-refractivity contribution is 6.33. The third-order valence-electron chi connectivity index (χ3n) is 2.54. The smallest absolute Gasteiger partial charge is 0.160 e. The molecule has 0 aromatic heterocycles. The van der Waals surface area contributed by atoms with Crippen LogP contribution in [-0.4, -0.2) is 0 Å². The molecule has 2 aromatic carbocycles. The molecule has 0 amide bonds. The van der Waals surface area contributed by atoms with Crippen molar-refractivity contribution in [2.24, 2.45) is 5.73 Å². The molecule has 0 saturated heterocycles. The summed E-state index contributed by atoms with van der Waals surface area (Å²) in [5, 5.41) is 0.171. The van der Waals surface area contributed by atoms with Gasteiger partial charge in [0.2, 0.25) is 0 Å². The first-order chi connectivity index (χ1) is 8.13. The highest BCUT2D eigenvalue weighted by Crippen LogP contribution is 2.32. The Kier molecular flexibility index (Phi) is 3.41. The summed E-state index contributed by atoms with van der Waals surface area (Å²) in [5.41, 5.74) is 7.60. The maximum absolute atomic E-state index is 13.2. The first-order valence-corrected chi connectivity index (χ1v) is 5.44. The lowest BCUT2D eigenvalue weighted by molar-refractivity contribution is 0.509. The van der Waals surface area contributed by atoms with Gasteiger partial charge in [-0.25, -0.2) is 8.78 Å². The van der Waals surface area contributed by atoms with Crippen LogP contribution >= 0.6 is 11.6 Å². The molecule has 0 unspecified atom stereocenters. The van der Waals surface area contributed by atoms with E-state index in [1.165, 1.54) is 0 Å². The van der Waals surface area contributed by atoms with Crippen LogP contribution in [0.3, 0.4) is 0 Å². The maximum Gasteiger partial charge on any atom is 0.160 e. The normalized spacial score (nSPS) is 10.6. The summed E-state index contributed by atoms with van der Waals surface area (Å²) in [5.74, 6) is -1.87. The predicted molar refractivity (Wildman–Crippen MR) is 64.7 cm³/mol. The molecule has 17 heavy (non-hydrogen) atoms. The summed E-state index contributed by atoms with van der Waals surface area (Å²) in [6.07, 6.45) is 0. The molecule has 0 radical (unpaired) electrons. The zero-order chi connectivity index (χ0) is 12.4. The Morgan fingerprint density at radius 3 is 2.35 bits per heavy atom. The minimum absolute atomic E-state index is 0.171. The van der Waals surface area contributed by atoms with Gasteiger partial charge in [-0.05, 0) is 23.3 Å². The summed E-state index contributed by atoms with van der Waals surface area (Å²) in [7, 11) is 0. The van der Waals surface area contributed by atoms with Gasteiger partial charge in [-0.2, -0.15) is 0 Å². The van der Waals surface area contributed by atoms with Gasteiger partial charge in [0.15, 0.2) is 11.6 Å². The van der Waals surface area contributed by atoms with Crippen molar-refractivity contribution >= 4 is 11.6 Å². The summed E-state index contributed by atoms with van der Waals surface area (Å²) in [6.45, 7) is 0.311. The molecule has 0 aliphatic rings. The lowest BCUT2D eigenvalue weighted by Gasteiger charge is -2.10. The second-order valence-electron chi connectivity index (χ2n) is 3.61. The average Bonchev–Trinajstić information content (AvgIpc) is 2.34. The number of nitrogens with two attached hydrogens (primary N) is 1. The van der Waals surface area contributed by atoms with Gasteiger partial charge in [0.1, 0.15) is 0 Å². The van der Waals surface area contributed by atoms with E-state index in [2.05, 4.69) is 0 Å². The van der Waals surface area contributed by atoms with Gasteiger partial charge in [-0.15, -0.1) is 0 Å². The van der Waals surface area contributed by atoms with Crippen LogP contribution in [0, 0.1) is 11.6 Å². The van der Waals surface area contributed by atoms with Crippen molar-refractivity contribution in [3.63, 3.8) is 0 Å². The lowest BCUT2D eigenvalue weighted by atomic mass is 9.99. The topological polar surface area (TPSA) is 26.0 Å². The van der Waals surface area contributed by atoms with Gasteiger partial charge in [0, 0.05) is 12.1 Å². The fourth-order valence-corrected chi connectivity index (χ4v) is 1.94. The fourth-order valence-electron chi connectivity index (χ4n) is 1.69. The number of hydrogen-bond donors (Lipinski definition) is 1. The summed E-state index contributed by atoms with van der Waals surface area (Å²) in [6, 6.07) is 9.30. The fraction of sp³-hybridized carbons (Fsp3) is 0.0769. The van der Waals surface area contributed by atoms with E-state index in [9.17, 15) is 8.78 Å². The zero-order valence-electron chi connectivity index (χ0n) is 8.88. The van der Waals surface area contributed by atoms with Crippen molar-refractivity contribution in [2.75, 3.05) is 0 Å². The molecule has 2 aromatic rings. The van der Waals surface area contributed by atoms with Crippen molar-refractivity contribution in [1.82, 2.24) is 0 Å². The number of rotatable bonds is 2. The van der Waals surface area contributed by atoms with Crippen LogP contribution in [-0.2, 0) is 6.54 Å². The van der Waals surface area contributed by atoms with Gasteiger partial charge in [-0.1, -0.05) is 35.9 Å². The van der Waals surface area contributed by atoms with Crippen LogP contribution in [0.5, 0.6) is 0 Å². The minimum atomic E-state index is -0.955. The quantitative estimate of drug-likeness (QED) is 0.811. The van der Waals surface area contributed by atoms with E-state index >= 15 is 0 Å². The standard InChI is InChI=1S/C13H10ClF2N/c14-11-6-13(16)12(15)5-10(11)9-4-2-1-3-8(9)7-17/h1-6H,7,17H2. The predicted octanol–water partition coefficient (Wildman–Crippen LogP) is 3.74. The maximum atomic E-state index is 13.2. The van der Waals surface area contributed by atoms with E-state index in [0.29, 0.717) is 12.1 Å². The van der Waals surface area contributed by atoms with Crippen molar-refractivity contribution < 1.29 is 8.78 Å². The van der Waals surface area contributed by atoms with Crippen LogP contribution in [0.25, 0.3) is 11.1 Å². The second kappa shape index (κ2) is 4.82. The lowest BCUT2D eigenvalue weighted by Crippen LogP contribution is -1.99. The summed E-state index contributed by atoms with van der Waals surface area (Å²) >= 11 is 5.92. The molecule has 0 bridgehead atoms. The van der Waals surface area contributed by atoms with Crippen molar-refractivity contribution in [2.45, 2.75) is 6.54 Å². The van der Waals surface area contributed by atoms with Crippen molar-refractivity contribution in [3.05, 3.63) is 58.6 Å². The molecule has 0 atom stereocenters. The molecule has 2 N–H and O–H groups in total. The highest BCUT2D eigenvalue weighted by Gasteiger charge is 2.12. The molecule has 0 spiro atoms. The van der Waals surface area contributed by atoms with Crippen molar-refractivity contribution in [3.8, 4) is 11.1 Å². The van der Waals surface area contributed by atoms with Gasteiger partial charge in [-0.3, -0.25) is 0 Å². The Balaban J connectivity index is 2.64. The van der Waals surface area contributed by atoms with E-state index in [1.807, 2.05) is 12.1 Å². The van der Waals surface area contributed by atoms with E-state index < -0.39 is 11.6 Å². The highest BCUT2D eigenvalue weighted by atomic mass is 35.5. The molecule has 0 aliphatic carbocycles. The van der Waals surface area contributed by atoms with E-state index in [1.54, 1.807) is 12.1 Å².